The standard InChI is InChI=1S/C34H21ClN2O6/c1-43-23-17-15-21(16-18-23)36-28-24-9-5-6-10-25(24)30(39)26(28)34(33(36)42)27(29(38)19-7-3-2-4-8-19)31(40)32(41)37(34)22-13-11-20(35)12-14-22/h2-18,38H,1H3/b29-27+. The molecule has 3 aliphatic rings. The number of amides is 2. The molecule has 1 spiro atoms. The minimum absolute atomic E-state index is 0.0962. The summed E-state index contributed by atoms with van der Waals surface area (Å²) < 4.78 is 5.30. The summed E-state index contributed by atoms with van der Waals surface area (Å²) in [6.45, 7) is 0. The molecule has 4 aromatic rings. The highest BCUT2D eigenvalue weighted by atomic mass is 35.5. The van der Waals surface area contributed by atoms with Gasteiger partial charge in [-0.2, -0.15) is 0 Å². The topological polar surface area (TPSA) is 104 Å². The molecule has 1 saturated heterocycles. The van der Waals surface area contributed by atoms with E-state index in [0.29, 0.717) is 27.6 Å². The predicted molar refractivity (Wildman–Crippen MR) is 161 cm³/mol. The lowest BCUT2D eigenvalue weighted by atomic mass is 9.79. The third-order valence-corrected chi connectivity index (χ3v) is 8.26. The van der Waals surface area contributed by atoms with Gasteiger partial charge in [-0.3, -0.25) is 29.0 Å². The van der Waals surface area contributed by atoms with Crippen LogP contribution in [0.15, 0.2) is 114 Å². The summed E-state index contributed by atoms with van der Waals surface area (Å²) >= 11 is 6.15. The number of carbonyl (C=O) groups is 4. The monoisotopic (exact) mass is 588 g/mol. The number of methoxy groups -OCH3 is 1. The Bertz CT molecular complexity index is 1950. The van der Waals surface area contributed by atoms with Gasteiger partial charge in [0.1, 0.15) is 11.5 Å². The number of hydrogen-bond donors (Lipinski definition) is 1. The highest BCUT2D eigenvalue weighted by Gasteiger charge is 2.71. The van der Waals surface area contributed by atoms with Gasteiger partial charge in [0.25, 0.3) is 11.7 Å². The second-order valence-electron chi connectivity index (χ2n) is 10.2. The van der Waals surface area contributed by atoms with E-state index in [2.05, 4.69) is 0 Å². The number of rotatable bonds is 4. The first kappa shape index (κ1) is 26.4. The molecule has 1 aliphatic carbocycles. The summed E-state index contributed by atoms with van der Waals surface area (Å²) in [5, 5.41) is 12.1. The first-order valence-corrected chi connectivity index (χ1v) is 13.7. The lowest BCUT2D eigenvalue weighted by Crippen LogP contribution is -2.57. The smallest absolute Gasteiger partial charge is 0.300 e. The number of carbonyl (C=O) groups excluding carboxylic acids is 4. The Labute approximate surface area is 250 Å². The Morgan fingerprint density at radius 1 is 0.744 bits per heavy atom. The zero-order valence-electron chi connectivity index (χ0n) is 22.6. The Morgan fingerprint density at radius 2 is 1.35 bits per heavy atom. The summed E-state index contributed by atoms with van der Waals surface area (Å²) in [6.07, 6.45) is 0. The predicted octanol–water partition coefficient (Wildman–Crippen LogP) is 5.63. The molecule has 43 heavy (non-hydrogen) atoms. The van der Waals surface area contributed by atoms with Crippen LogP contribution in [0.25, 0.3) is 11.5 Å². The van der Waals surface area contributed by atoms with Gasteiger partial charge in [0.15, 0.2) is 11.3 Å². The van der Waals surface area contributed by atoms with Gasteiger partial charge in [-0.1, -0.05) is 66.2 Å². The summed E-state index contributed by atoms with van der Waals surface area (Å²) in [5.74, 6) is -3.50. The highest BCUT2D eigenvalue weighted by Crippen LogP contribution is 2.57. The number of anilines is 2. The summed E-state index contributed by atoms with van der Waals surface area (Å²) in [4.78, 5) is 59.9. The molecule has 2 aliphatic heterocycles. The van der Waals surface area contributed by atoms with Crippen molar-refractivity contribution in [3.05, 3.63) is 136 Å². The lowest BCUT2D eigenvalue weighted by molar-refractivity contribution is -0.132. The van der Waals surface area contributed by atoms with Crippen molar-refractivity contribution < 1.29 is 29.0 Å². The molecular formula is C34H21ClN2O6. The Hall–Kier alpha value is -5.47. The lowest BCUT2D eigenvalue weighted by Gasteiger charge is -2.36. The molecule has 1 N–H and O–H groups in total. The maximum atomic E-state index is 15.1. The molecule has 0 bridgehead atoms. The number of aliphatic hydroxyl groups is 1. The molecule has 210 valence electrons. The largest absolute Gasteiger partial charge is 0.507 e. The van der Waals surface area contributed by atoms with Crippen LogP contribution >= 0.6 is 11.6 Å². The van der Waals surface area contributed by atoms with Crippen molar-refractivity contribution in [1.82, 2.24) is 0 Å². The van der Waals surface area contributed by atoms with E-state index in [0.717, 1.165) is 4.90 Å². The quantitative estimate of drug-likeness (QED) is 0.188. The third kappa shape index (κ3) is 3.50. The summed E-state index contributed by atoms with van der Waals surface area (Å²) in [7, 11) is 1.51. The summed E-state index contributed by atoms with van der Waals surface area (Å²) in [5.41, 5.74) is -1.18. The van der Waals surface area contributed by atoms with Crippen LogP contribution in [0.4, 0.5) is 11.4 Å². The number of ketones is 2. The van der Waals surface area contributed by atoms with Gasteiger partial charge < -0.3 is 9.84 Å². The van der Waals surface area contributed by atoms with Crippen molar-refractivity contribution in [2.75, 3.05) is 16.9 Å². The molecule has 8 nitrogen and oxygen atoms in total. The minimum atomic E-state index is -2.33. The fourth-order valence-corrected chi connectivity index (χ4v) is 6.30. The number of ether oxygens (including phenoxy) is 1. The molecule has 1 fully saturated rings. The van der Waals surface area contributed by atoms with Crippen LogP contribution in [0.1, 0.15) is 21.5 Å². The molecule has 7 rings (SSSR count). The first-order chi connectivity index (χ1) is 20.8. The van der Waals surface area contributed by atoms with Crippen LogP contribution in [-0.2, 0) is 14.4 Å². The summed E-state index contributed by atoms with van der Waals surface area (Å²) in [6, 6.07) is 27.6. The van der Waals surface area contributed by atoms with E-state index < -0.39 is 40.3 Å². The number of Topliss-reactive ketones (excluding diaryl/α,β-unsaturated/α-hetero) is 2. The third-order valence-electron chi connectivity index (χ3n) is 8.01. The number of aliphatic hydroxyl groups excluding tert-OH is 1. The minimum Gasteiger partial charge on any atom is -0.507 e. The van der Waals surface area contributed by atoms with Gasteiger partial charge in [-0.05, 0) is 48.5 Å². The van der Waals surface area contributed by atoms with Gasteiger partial charge in [-0.15, -0.1) is 0 Å². The zero-order chi connectivity index (χ0) is 30.0. The Balaban J connectivity index is 1.61. The molecule has 1 unspecified atom stereocenters. The van der Waals surface area contributed by atoms with Crippen LogP contribution in [0.3, 0.4) is 0 Å². The van der Waals surface area contributed by atoms with Crippen LogP contribution in [0.2, 0.25) is 5.02 Å². The van der Waals surface area contributed by atoms with Crippen LogP contribution < -0.4 is 14.5 Å². The van der Waals surface area contributed by atoms with E-state index in [4.69, 9.17) is 16.3 Å². The number of hydrogen-bond acceptors (Lipinski definition) is 6. The van der Waals surface area contributed by atoms with Gasteiger partial charge >= 0.3 is 5.91 Å². The van der Waals surface area contributed by atoms with Gasteiger partial charge in [0.2, 0.25) is 0 Å². The van der Waals surface area contributed by atoms with Crippen molar-refractivity contribution in [2.45, 2.75) is 5.54 Å². The van der Waals surface area contributed by atoms with Crippen LogP contribution in [-0.4, -0.2) is 41.1 Å². The van der Waals surface area contributed by atoms with E-state index in [1.807, 2.05) is 0 Å². The zero-order valence-corrected chi connectivity index (χ0v) is 23.3. The normalized spacial score (nSPS) is 20.3. The molecule has 9 heteroatoms. The molecule has 4 aromatic carbocycles. The SMILES string of the molecule is COc1ccc(N2C(=O)C3(C4=C2c2ccccc2C4=O)/C(=C(/O)c2ccccc2)C(=O)C(=O)N3c2ccc(Cl)cc2)cc1. The molecular weight excluding hydrogens is 568 g/mol. The van der Waals surface area contributed by atoms with Crippen molar-refractivity contribution in [3.63, 3.8) is 0 Å². The average Bonchev–Trinajstić information content (AvgIpc) is 3.57. The Morgan fingerprint density at radius 3 is 2.00 bits per heavy atom. The molecule has 1 atom stereocenters. The van der Waals surface area contributed by atoms with Crippen molar-refractivity contribution in [2.24, 2.45) is 0 Å². The first-order valence-electron chi connectivity index (χ1n) is 13.3. The van der Waals surface area contributed by atoms with Crippen molar-refractivity contribution in [1.29, 1.82) is 0 Å². The number of nitrogens with zero attached hydrogens (tertiary/aromatic N) is 2. The number of benzene rings is 4. The second kappa shape index (κ2) is 9.54. The number of halogens is 1. The van der Waals surface area contributed by atoms with E-state index in [-0.39, 0.29) is 22.5 Å². The van der Waals surface area contributed by atoms with Crippen molar-refractivity contribution >= 4 is 57.8 Å². The van der Waals surface area contributed by atoms with E-state index >= 15 is 4.79 Å². The average molecular weight is 589 g/mol. The van der Waals surface area contributed by atoms with Crippen molar-refractivity contribution in [3.8, 4) is 5.75 Å². The van der Waals surface area contributed by atoms with E-state index in [9.17, 15) is 19.5 Å². The molecule has 0 saturated carbocycles. The van der Waals surface area contributed by atoms with Gasteiger partial charge in [0, 0.05) is 33.1 Å². The highest BCUT2D eigenvalue weighted by molar-refractivity contribution is 6.58. The van der Waals surface area contributed by atoms with E-state index in [1.165, 1.54) is 36.3 Å². The van der Waals surface area contributed by atoms with Crippen LogP contribution in [0, 0.1) is 0 Å². The maximum absolute atomic E-state index is 15.1. The van der Waals surface area contributed by atoms with Crippen LogP contribution in [0.5, 0.6) is 5.75 Å². The molecule has 2 amide bonds. The molecule has 2 heterocycles. The fraction of sp³-hybridized carbons (Fsp3) is 0.0588. The fourth-order valence-electron chi connectivity index (χ4n) is 6.18. The maximum Gasteiger partial charge on any atom is 0.300 e. The van der Waals surface area contributed by atoms with Gasteiger partial charge in [-0.25, -0.2) is 0 Å². The Kier molecular flexibility index (Phi) is 5.86. The van der Waals surface area contributed by atoms with Gasteiger partial charge in [0.05, 0.1) is 24.0 Å². The van der Waals surface area contributed by atoms with E-state index in [1.54, 1.807) is 78.9 Å². The molecule has 0 aromatic heterocycles. The molecule has 0 radical (unpaired) electrons. The number of fused-ring (bicyclic) bond motifs is 3. The second-order valence-corrected chi connectivity index (χ2v) is 10.6.